The van der Waals surface area contributed by atoms with Crippen molar-refractivity contribution in [3.05, 3.63) is 24.0 Å². The molecule has 1 aliphatic carbocycles. The normalized spacial score (nSPS) is 21.5. The van der Waals surface area contributed by atoms with E-state index in [0.29, 0.717) is 56.6 Å². The fraction of sp³-hybridized carbons (Fsp3) is 0.550. The minimum atomic E-state index is -0.488. The number of benzene rings is 1. The van der Waals surface area contributed by atoms with Gasteiger partial charge in [0.05, 0.1) is 36.6 Å². The van der Waals surface area contributed by atoms with E-state index in [1.54, 1.807) is 17.0 Å². The van der Waals surface area contributed by atoms with Gasteiger partial charge in [0.25, 0.3) is 0 Å². The van der Waals surface area contributed by atoms with E-state index in [1.807, 2.05) is 4.90 Å². The van der Waals surface area contributed by atoms with E-state index >= 15 is 0 Å². The molecule has 4 rings (SSSR count). The Kier molecular flexibility index (Phi) is 5.94. The number of hydrogen-bond acceptors (Lipinski definition) is 6. The molecule has 1 aromatic rings. The molecule has 162 valence electrons. The van der Waals surface area contributed by atoms with Crippen LogP contribution in [0.25, 0.3) is 0 Å². The summed E-state index contributed by atoms with van der Waals surface area (Å²) < 4.78 is 24.9. The zero-order valence-corrected chi connectivity index (χ0v) is 17.6. The van der Waals surface area contributed by atoms with Gasteiger partial charge in [-0.1, -0.05) is 12.2 Å². The number of cyclic esters (lactones) is 1. The van der Waals surface area contributed by atoms with Crippen LogP contribution in [0.5, 0.6) is 0 Å². The first-order valence-electron chi connectivity index (χ1n) is 10.1. The number of nitrogens with one attached hydrogen (secondary N) is 1. The second kappa shape index (κ2) is 8.63. The van der Waals surface area contributed by atoms with Crippen LogP contribution >= 0.6 is 12.2 Å². The van der Waals surface area contributed by atoms with Crippen molar-refractivity contribution in [3.8, 4) is 0 Å². The highest BCUT2D eigenvalue weighted by Crippen LogP contribution is 2.30. The van der Waals surface area contributed by atoms with Gasteiger partial charge in [0.2, 0.25) is 0 Å². The molecule has 30 heavy (non-hydrogen) atoms. The van der Waals surface area contributed by atoms with Gasteiger partial charge in [0, 0.05) is 32.1 Å². The van der Waals surface area contributed by atoms with Crippen molar-refractivity contribution in [1.29, 1.82) is 0 Å². The summed E-state index contributed by atoms with van der Waals surface area (Å²) in [5, 5.41) is 3.17. The number of ether oxygens (including phenoxy) is 2. The van der Waals surface area contributed by atoms with Crippen LogP contribution in [0.4, 0.5) is 25.4 Å². The van der Waals surface area contributed by atoms with E-state index in [9.17, 15) is 14.0 Å². The maximum absolute atomic E-state index is 14.8. The van der Waals surface area contributed by atoms with Crippen molar-refractivity contribution in [2.45, 2.75) is 18.9 Å². The number of piperazine rings is 1. The van der Waals surface area contributed by atoms with Crippen molar-refractivity contribution in [2.24, 2.45) is 5.92 Å². The summed E-state index contributed by atoms with van der Waals surface area (Å²) >= 11 is 5.30. The first kappa shape index (κ1) is 20.6. The fourth-order valence-corrected chi connectivity index (χ4v) is 4.04. The number of nitrogens with zero attached hydrogens (tertiary/aromatic N) is 3. The van der Waals surface area contributed by atoms with E-state index in [2.05, 4.69) is 5.32 Å². The van der Waals surface area contributed by atoms with Gasteiger partial charge < -0.3 is 24.6 Å². The maximum Gasteiger partial charge on any atom is 0.414 e. The van der Waals surface area contributed by atoms with E-state index in [0.717, 1.165) is 17.8 Å². The first-order chi connectivity index (χ1) is 14.5. The van der Waals surface area contributed by atoms with Crippen molar-refractivity contribution < 1.29 is 23.5 Å². The molecule has 0 aromatic heterocycles. The monoisotopic (exact) mass is 436 g/mol. The lowest BCUT2D eigenvalue weighted by atomic mass is 10.2. The highest BCUT2D eigenvalue weighted by Gasteiger charge is 2.34. The second-order valence-corrected chi connectivity index (χ2v) is 8.16. The molecule has 3 fully saturated rings. The van der Waals surface area contributed by atoms with Crippen LogP contribution in [0, 0.1) is 11.7 Å². The lowest BCUT2D eigenvalue weighted by molar-refractivity contribution is 0.121. The van der Waals surface area contributed by atoms with Crippen LogP contribution in [0.3, 0.4) is 0 Å². The molecule has 1 N–H and O–H groups in total. The van der Waals surface area contributed by atoms with Gasteiger partial charge in [-0.2, -0.15) is 0 Å². The zero-order valence-electron chi connectivity index (χ0n) is 16.8. The molecular weight excluding hydrogens is 411 g/mol. The van der Waals surface area contributed by atoms with E-state index in [4.69, 9.17) is 21.7 Å². The average molecular weight is 437 g/mol. The first-order valence-corrected chi connectivity index (χ1v) is 10.5. The number of hydrogen-bond donors (Lipinski definition) is 1. The minimum Gasteiger partial charge on any atom is -0.453 e. The maximum atomic E-state index is 14.8. The summed E-state index contributed by atoms with van der Waals surface area (Å²) in [7, 11) is 1.35. The van der Waals surface area contributed by atoms with Crippen LogP contribution < -0.4 is 15.1 Å². The molecule has 3 aliphatic rings. The van der Waals surface area contributed by atoms with Crippen LogP contribution in [0.1, 0.15) is 12.8 Å². The van der Waals surface area contributed by atoms with Gasteiger partial charge in [-0.3, -0.25) is 4.90 Å². The van der Waals surface area contributed by atoms with Crippen molar-refractivity contribution >= 4 is 40.8 Å². The van der Waals surface area contributed by atoms with Crippen molar-refractivity contribution in [3.63, 3.8) is 0 Å². The van der Waals surface area contributed by atoms with E-state index < -0.39 is 11.9 Å². The van der Waals surface area contributed by atoms with Gasteiger partial charge in [-0.25, -0.2) is 14.0 Å². The van der Waals surface area contributed by atoms with Crippen LogP contribution in [0.2, 0.25) is 0 Å². The Morgan fingerprint density at radius 2 is 2.03 bits per heavy atom. The average Bonchev–Trinajstić information content (AvgIpc) is 3.54. The topological polar surface area (TPSA) is 74.3 Å². The number of methoxy groups -OCH3 is 1. The summed E-state index contributed by atoms with van der Waals surface area (Å²) in [4.78, 5) is 29.6. The third kappa shape index (κ3) is 4.43. The molecule has 2 amide bonds. The number of thiocarbonyl (C=S) groups is 1. The number of amides is 2. The number of carbonyl (C=O) groups excluding carboxylic acids is 2. The molecule has 10 heteroatoms. The largest absolute Gasteiger partial charge is 0.453 e. The predicted molar refractivity (Wildman–Crippen MR) is 114 cm³/mol. The number of halogens is 1. The standard InChI is InChI=1S/C20H25FN4O4S/c1-28-19(26)24-8-6-23(7-9-24)17-5-4-14(10-16(17)21)25-12-15(29-20(25)27)11-22-18(30)13-2-3-13/h4-5,10,13,15H,2-3,6-9,11-12H2,1H3,(H,22,30). The van der Waals surface area contributed by atoms with E-state index in [-0.39, 0.29) is 12.2 Å². The third-order valence-electron chi connectivity index (χ3n) is 5.62. The van der Waals surface area contributed by atoms with Crippen LogP contribution in [-0.4, -0.2) is 74.6 Å². The molecule has 2 heterocycles. The quantitative estimate of drug-likeness (QED) is 0.711. The number of anilines is 2. The minimum absolute atomic E-state index is 0.330. The summed E-state index contributed by atoms with van der Waals surface area (Å²) in [6.45, 7) is 2.74. The van der Waals surface area contributed by atoms with Crippen molar-refractivity contribution in [2.75, 3.05) is 56.2 Å². The third-order valence-corrected chi connectivity index (χ3v) is 6.10. The molecule has 1 saturated carbocycles. The van der Waals surface area contributed by atoms with Crippen LogP contribution in [-0.2, 0) is 9.47 Å². The lowest BCUT2D eigenvalue weighted by Crippen LogP contribution is -2.49. The molecule has 0 radical (unpaired) electrons. The van der Waals surface area contributed by atoms with Gasteiger partial charge in [-0.15, -0.1) is 0 Å². The Morgan fingerprint density at radius 3 is 2.67 bits per heavy atom. The Morgan fingerprint density at radius 1 is 1.30 bits per heavy atom. The lowest BCUT2D eigenvalue weighted by Gasteiger charge is -2.35. The Labute approximate surface area is 179 Å². The van der Waals surface area contributed by atoms with Crippen molar-refractivity contribution in [1.82, 2.24) is 10.2 Å². The molecule has 0 spiro atoms. The number of rotatable bonds is 5. The van der Waals surface area contributed by atoms with Gasteiger partial charge in [0.1, 0.15) is 11.9 Å². The van der Waals surface area contributed by atoms with Crippen LogP contribution in [0.15, 0.2) is 18.2 Å². The molecule has 1 atom stereocenters. The molecular formula is C20H25FN4O4S. The Balaban J connectivity index is 1.35. The smallest absolute Gasteiger partial charge is 0.414 e. The summed E-state index contributed by atoms with van der Waals surface area (Å²) in [5.74, 6) is 0.0487. The number of carbonyl (C=O) groups is 2. The molecule has 1 unspecified atom stereocenters. The van der Waals surface area contributed by atoms with Gasteiger partial charge in [-0.05, 0) is 31.0 Å². The zero-order chi connectivity index (χ0) is 21.3. The second-order valence-electron chi connectivity index (χ2n) is 7.72. The predicted octanol–water partition coefficient (Wildman–Crippen LogP) is 2.37. The highest BCUT2D eigenvalue weighted by atomic mass is 32.1. The SMILES string of the molecule is COC(=O)N1CCN(c2ccc(N3CC(CNC(=S)C4CC4)OC3=O)cc2F)CC1. The molecule has 2 saturated heterocycles. The fourth-order valence-electron chi connectivity index (χ4n) is 3.72. The summed E-state index contributed by atoms with van der Waals surface area (Å²) in [5.41, 5.74) is 0.908. The van der Waals surface area contributed by atoms with Gasteiger partial charge >= 0.3 is 12.2 Å². The molecule has 1 aromatic carbocycles. The van der Waals surface area contributed by atoms with E-state index in [1.165, 1.54) is 18.1 Å². The Bertz CT molecular complexity index is 842. The summed E-state index contributed by atoms with van der Waals surface area (Å²) in [6, 6.07) is 4.74. The molecule has 0 bridgehead atoms. The molecule has 2 aliphatic heterocycles. The Hall–Kier alpha value is -2.62. The summed E-state index contributed by atoms with van der Waals surface area (Å²) in [6.07, 6.45) is 1.04. The van der Waals surface area contributed by atoms with Gasteiger partial charge in [0.15, 0.2) is 0 Å². The molecule has 8 nitrogen and oxygen atoms in total. The highest BCUT2D eigenvalue weighted by molar-refractivity contribution is 7.80.